The van der Waals surface area contributed by atoms with E-state index in [4.69, 9.17) is 4.98 Å². The van der Waals surface area contributed by atoms with Crippen LogP contribution in [0.2, 0.25) is 0 Å². The molecule has 0 spiro atoms. The van der Waals surface area contributed by atoms with Gasteiger partial charge >= 0.3 is 0 Å². The van der Waals surface area contributed by atoms with Gasteiger partial charge in [0.15, 0.2) is 0 Å². The average molecular weight is 295 g/mol. The lowest BCUT2D eigenvalue weighted by Crippen LogP contribution is -2.09. The summed E-state index contributed by atoms with van der Waals surface area (Å²) in [5.41, 5.74) is 3.41. The van der Waals surface area contributed by atoms with Gasteiger partial charge in [-0.25, -0.2) is 4.98 Å². The number of thiazole rings is 1. The fraction of sp³-hybridized carbons (Fsp3) is 0.176. The molecule has 3 aromatic rings. The molecule has 0 amide bonds. The minimum Gasteiger partial charge on any atom is -0.319 e. The summed E-state index contributed by atoms with van der Waals surface area (Å²) in [6.45, 7) is 0.956. The number of likely N-dealkylation sites (N-methyl/N-ethyl adjacent to an activating group) is 1. The molecule has 0 radical (unpaired) electrons. The molecule has 0 atom stereocenters. The molecule has 106 valence electrons. The minimum atomic E-state index is 0.956. The summed E-state index contributed by atoms with van der Waals surface area (Å²) >= 11 is 1.77. The van der Waals surface area contributed by atoms with E-state index in [2.05, 4.69) is 34.6 Å². The van der Waals surface area contributed by atoms with Crippen molar-refractivity contribution in [3.05, 3.63) is 59.7 Å². The molecular formula is C17H17N3S. The number of nitrogens with zero attached hydrogens (tertiary/aromatic N) is 2. The zero-order valence-corrected chi connectivity index (χ0v) is 12.7. The third kappa shape index (κ3) is 3.17. The van der Waals surface area contributed by atoms with Crippen molar-refractivity contribution >= 4 is 11.3 Å². The second-order valence-electron chi connectivity index (χ2n) is 4.75. The van der Waals surface area contributed by atoms with Crippen LogP contribution >= 0.6 is 11.3 Å². The van der Waals surface area contributed by atoms with Gasteiger partial charge in [-0.2, -0.15) is 0 Å². The highest BCUT2D eigenvalue weighted by Crippen LogP contribution is 2.33. The first kappa shape index (κ1) is 13.9. The average Bonchev–Trinajstić information content (AvgIpc) is 2.99. The van der Waals surface area contributed by atoms with Gasteiger partial charge in [0, 0.05) is 28.4 Å². The van der Waals surface area contributed by atoms with Crippen LogP contribution in [0.1, 0.15) is 4.88 Å². The van der Waals surface area contributed by atoms with E-state index in [9.17, 15) is 0 Å². The summed E-state index contributed by atoms with van der Waals surface area (Å²) in [6, 6.07) is 14.4. The van der Waals surface area contributed by atoms with E-state index in [0.717, 1.165) is 29.2 Å². The number of nitrogens with one attached hydrogen (secondary N) is 1. The van der Waals surface area contributed by atoms with E-state index >= 15 is 0 Å². The van der Waals surface area contributed by atoms with E-state index < -0.39 is 0 Å². The Morgan fingerprint density at radius 3 is 2.48 bits per heavy atom. The maximum Gasteiger partial charge on any atom is 0.124 e. The van der Waals surface area contributed by atoms with Crippen LogP contribution < -0.4 is 5.32 Å². The third-order valence-corrected chi connectivity index (χ3v) is 4.44. The number of hydrogen-bond donors (Lipinski definition) is 1. The molecule has 1 N–H and O–H groups in total. The summed E-state index contributed by atoms with van der Waals surface area (Å²) in [6.07, 6.45) is 4.61. The highest BCUT2D eigenvalue weighted by Gasteiger charge is 2.13. The van der Waals surface area contributed by atoms with Crippen LogP contribution in [0.3, 0.4) is 0 Å². The summed E-state index contributed by atoms with van der Waals surface area (Å²) in [7, 11) is 1.98. The van der Waals surface area contributed by atoms with Crippen molar-refractivity contribution in [1.82, 2.24) is 15.3 Å². The number of benzene rings is 1. The number of pyridine rings is 1. The maximum atomic E-state index is 4.87. The molecule has 0 bridgehead atoms. The first-order chi connectivity index (χ1) is 10.4. The quantitative estimate of drug-likeness (QED) is 0.781. The van der Waals surface area contributed by atoms with E-state index in [0.29, 0.717) is 0 Å². The van der Waals surface area contributed by atoms with Crippen LogP contribution in [0, 0.1) is 0 Å². The molecule has 0 unspecified atom stereocenters. The highest BCUT2D eigenvalue weighted by atomic mass is 32.1. The van der Waals surface area contributed by atoms with E-state index in [-0.39, 0.29) is 0 Å². The van der Waals surface area contributed by atoms with Gasteiger partial charge < -0.3 is 5.32 Å². The lowest BCUT2D eigenvalue weighted by atomic mass is 10.1. The Morgan fingerprint density at radius 2 is 1.76 bits per heavy atom. The molecule has 0 aliphatic rings. The molecule has 4 heteroatoms. The fourth-order valence-corrected chi connectivity index (χ4v) is 3.29. The molecular weight excluding hydrogens is 278 g/mol. The van der Waals surface area contributed by atoms with Crippen molar-refractivity contribution in [3.63, 3.8) is 0 Å². The van der Waals surface area contributed by atoms with Gasteiger partial charge in [0.2, 0.25) is 0 Å². The van der Waals surface area contributed by atoms with Crippen LogP contribution in [0.15, 0.2) is 54.9 Å². The molecule has 0 fully saturated rings. The Kier molecular flexibility index (Phi) is 4.38. The normalized spacial score (nSPS) is 10.7. The lowest BCUT2D eigenvalue weighted by Gasteiger charge is -2.01. The SMILES string of the molecule is CNCCc1sc(-c2ccncc2)nc1-c1ccccc1. The Hall–Kier alpha value is -2.04. The van der Waals surface area contributed by atoms with Crippen molar-refractivity contribution in [2.75, 3.05) is 13.6 Å². The van der Waals surface area contributed by atoms with Gasteiger partial charge in [-0.15, -0.1) is 11.3 Å². The van der Waals surface area contributed by atoms with Crippen LogP contribution in [0.4, 0.5) is 0 Å². The lowest BCUT2D eigenvalue weighted by molar-refractivity contribution is 0.799. The van der Waals surface area contributed by atoms with Gasteiger partial charge in [-0.3, -0.25) is 4.98 Å². The topological polar surface area (TPSA) is 37.8 Å². The van der Waals surface area contributed by atoms with Crippen LogP contribution in [0.5, 0.6) is 0 Å². The number of hydrogen-bond acceptors (Lipinski definition) is 4. The molecule has 0 saturated carbocycles. The number of aromatic nitrogens is 2. The predicted octanol–water partition coefficient (Wildman–Crippen LogP) is 3.63. The van der Waals surface area contributed by atoms with Gasteiger partial charge in [0.1, 0.15) is 5.01 Å². The van der Waals surface area contributed by atoms with Gasteiger partial charge in [0.25, 0.3) is 0 Å². The van der Waals surface area contributed by atoms with Crippen molar-refractivity contribution < 1.29 is 0 Å². The first-order valence-electron chi connectivity index (χ1n) is 6.98. The molecule has 3 rings (SSSR count). The van der Waals surface area contributed by atoms with Crippen LogP contribution in [-0.4, -0.2) is 23.6 Å². The second-order valence-corrected chi connectivity index (χ2v) is 5.83. The molecule has 2 heterocycles. The minimum absolute atomic E-state index is 0.956. The summed E-state index contributed by atoms with van der Waals surface area (Å²) in [5.74, 6) is 0. The second kappa shape index (κ2) is 6.61. The van der Waals surface area contributed by atoms with Crippen molar-refractivity contribution in [2.24, 2.45) is 0 Å². The van der Waals surface area contributed by atoms with Crippen molar-refractivity contribution in [3.8, 4) is 21.8 Å². The Bertz CT molecular complexity index is 693. The molecule has 0 saturated heterocycles. The van der Waals surface area contributed by atoms with Gasteiger partial charge in [0.05, 0.1) is 5.69 Å². The van der Waals surface area contributed by atoms with Crippen molar-refractivity contribution in [2.45, 2.75) is 6.42 Å². The fourth-order valence-electron chi connectivity index (χ4n) is 2.20. The zero-order valence-electron chi connectivity index (χ0n) is 11.9. The molecule has 2 aromatic heterocycles. The Balaban J connectivity index is 2.03. The smallest absolute Gasteiger partial charge is 0.124 e. The molecule has 21 heavy (non-hydrogen) atoms. The van der Waals surface area contributed by atoms with E-state index in [1.807, 2.05) is 37.6 Å². The summed E-state index contributed by atoms with van der Waals surface area (Å²) in [4.78, 5) is 10.3. The van der Waals surface area contributed by atoms with Crippen molar-refractivity contribution in [1.29, 1.82) is 0 Å². The van der Waals surface area contributed by atoms with Crippen LogP contribution in [-0.2, 0) is 6.42 Å². The van der Waals surface area contributed by atoms with Crippen LogP contribution in [0.25, 0.3) is 21.8 Å². The molecule has 0 aliphatic heterocycles. The molecule has 3 nitrogen and oxygen atoms in total. The summed E-state index contributed by atoms with van der Waals surface area (Å²) in [5, 5.41) is 4.27. The Labute approximate surface area is 128 Å². The maximum absolute atomic E-state index is 4.87. The monoisotopic (exact) mass is 295 g/mol. The zero-order chi connectivity index (χ0) is 14.5. The molecule has 0 aliphatic carbocycles. The van der Waals surface area contributed by atoms with E-state index in [1.54, 1.807) is 11.3 Å². The first-order valence-corrected chi connectivity index (χ1v) is 7.80. The van der Waals surface area contributed by atoms with Gasteiger partial charge in [-0.05, 0) is 32.1 Å². The standard InChI is InChI=1S/C17H17N3S/c1-18-10-9-15-16(13-5-3-2-4-6-13)20-17(21-15)14-7-11-19-12-8-14/h2-8,11-12,18H,9-10H2,1H3. The summed E-state index contributed by atoms with van der Waals surface area (Å²) < 4.78 is 0. The Morgan fingerprint density at radius 1 is 1.00 bits per heavy atom. The third-order valence-electron chi connectivity index (χ3n) is 3.27. The number of rotatable bonds is 5. The predicted molar refractivity (Wildman–Crippen MR) is 88.4 cm³/mol. The highest BCUT2D eigenvalue weighted by molar-refractivity contribution is 7.15. The van der Waals surface area contributed by atoms with Gasteiger partial charge in [-0.1, -0.05) is 30.3 Å². The largest absolute Gasteiger partial charge is 0.319 e. The van der Waals surface area contributed by atoms with E-state index in [1.165, 1.54) is 10.4 Å². The molecule has 1 aromatic carbocycles.